The molecule has 0 bridgehead atoms. The molecule has 0 amide bonds. The number of hydrogen-bond donors (Lipinski definition) is 0. The third kappa shape index (κ3) is 3.04. The van der Waals surface area contributed by atoms with Gasteiger partial charge in [0.05, 0.1) is 11.1 Å². The Labute approximate surface area is 156 Å². The maximum atomic E-state index is 13.5. The molecule has 4 rings (SSSR count). The van der Waals surface area contributed by atoms with Crippen LogP contribution in [-0.4, -0.2) is 14.8 Å². The quantitative estimate of drug-likeness (QED) is 0.477. The fourth-order valence-corrected chi connectivity index (χ4v) is 5.76. The summed E-state index contributed by atoms with van der Waals surface area (Å²) in [5, 5.41) is 2.02. The largest absolute Gasteiger partial charge is 0.268 e. The van der Waals surface area contributed by atoms with Crippen molar-refractivity contribution in [1.29, 1.82) is 0 Å². The Morgan fingerprint density at radius 2 is 2.04 bits per heavy atom. The number of rotatable bonds is 3. The first-order valence-electron chi connectivity index (χ1n) is 8.84. The van der Waals surface area contributed by atoms with Gasteiger partial charge in [0.25, 0.3) is 5.56 Å². The Hall–Kier alpha value is -1.59. The number of thioether (sulfide) groups is 1. The molecule has 0 spiro atoms. The van der Waals surface area contributed by atoms with Crippen LogP contribution in [0.3, 0.4) is 0 Å². The van der Waals surface area contributed by atoms with Crippen molar-refractivity contribution in [2.45, 2.75) is 50.4 Å². The van der Waals surface area contributed by atoms with Crippen LogP contribution in [0.15, 0.2) is 40.3 Å². The number of nitrogens with zero attached hydrogens (tertiary/aromatic N) is 2. The fraction of sp³-hybridized carbons (Fsp3) is 0.400. The van der Waals surface area contributed by atoms with Crippen molar-refractivity contribution < 1.29 is 0 Å². The number of fused-ring (bicyclic) bond motifs is 3. The van der Waals surface area contributed by atoms with Crippen LogP contribution in [-0.2, 0) is 12.8 Å². The van der Waals surface area contributed by atoms with E-state index in [4.69, 9.17) is 4.98 Å². The van der Waals surface area contributed by atoms with Crippen LogP contribution in [0.2, 0.25) is 0 Å². The van der Waals surface area contributed by atoms with E-state index >= 15 is 0 Å². The second kappa shape index (κ2) is 6.61. The maximum Gasteiger partial charge on any atom is 0.267 e. The minimum Gasteiger partial charge on any atom is -0.268 e. The van der Waals surface area contributed by atoms with Gasteiger partial charge in [-0.2, -0.15) is 0 Å². The molecule has 3 aromatic rings. The summed E-state index contributed by atoms with van der Waals surface area (Å²) in [6.07, 6.45) is 3.23. The van der Waals surface area contributed by atoms with Crippen molar-refractivity contribution in [3.05, 3.63) is 51.1 Å². The van der Waals surface area contributed by atoms with E-state index in [1.807, 2.05) is 30.3 Å². The lowest BCUT2D eigenvalue weighted by molar-refractivity contribution is 0.509. The molecule has 130 valence electrons. The molecule has 0 aliphatic heterocycles. The molecule has 0 saturated heterocycles. The molecule has 1 atom stereocenters. The zero-order valence-electron chi connectivity index (χ0n) is 14.8. The van der Waals surface area contributed by atoms with E-state index in [9.17, 15) is 4.79 Å². The van der Waals surface area contributed by atoms with Gasteiger partial charge in [0.1, 0.15) is 4.83 Å². The van der Waals surface area contributed by atoms with Gasteiger partial charge in [-0.05, 0) is 42.9 Å². The lowest BCUT2D eigenvalue weighted by Gasteiger charge is -2.18. The average Bonchev–Trinajstić information content (AvgIpc) is 2.92. The number of thiophene rings is 1. The van der Waals surface area contributed by atoms with Gasteiger partial charge in [0, 0.05) is 10.1 Å². The van der Waals surface area contributed by atoms with Gasteiger partial charge in [0.15, 0.2) is 5.16 Å². The summed E-state index contributed by atoms with van der Waals surface area (Å²) >= 11 is 3.38. The van der Waals surface area contributed by atoms with Crippen LogP contribution in [0.1, 0.15) is 37.6 Å². The Kier molecular flexibility index (Phi) is 4.46. The molecule has 0 radical (unpaired) electrons. The lowest BCUT2D eigenvalue weighted by atomic mass is 9.89. The zero-order valence-corrected chi connectivity index (χ0v) is 16.4. The summed E-state index contributed by atoms with van der Waals surface area (Å²) in [6, 6.07) is 9.89. The average molecular weight is 371 g/mol. The van der Waals surface area contributed by atoms with Gasteiger partial charge in [0.2, 0.25) is 0 Å². The number of aromatic nitrogens is 2. The number of para-hydroxylation sites is 1. The van der Waals surface area contributed by atoms with E-state index < -0.39 is 0 Å². The Bertz CT molecular complexity index is 973. The van der Waals surface area contributed by atoms with E-state index in [0.29, 0.717) is 11.2 Å². The van der Waals surface area contributed by atoms with E-state index in [-0.39, 0.29) is 5.56 Å². The number of hydrogen-bond acceptors (Lipinski definition) is 4. The van der Waals surface area contributed by atoms with E-state index in [2.05, 4.69) is 20.8 Å². The molecule has 0 N–H and O–H groups in total. The van der Waals surface area contributed by atoms with Gasteiger partial charge < -0.3 is 0 Å². The fourth-order valence-electron chi connectivity index (χ4n) is 3.47. The normalized spacial score (nSPS) is 17.2. The molecule has 0 saturated carbocycles. The second-order valence-electron chi connectivity index (χ2n) is 7.07. The van der Waals surface area contributed by atoms with Crippen LogP contribution in [0.4, 0.5) is 0 Å². The van der Waals surface area contributed by atoms with Crippen LogP contribution >= 0.6 is 23.1 Å². The van der Waals surface area contributed by atoms with Crippen molar-refractivity contribution in [3.63, 3.8) is 0 Å². The summed E-state index contributed by atoms with van der Waals surface area (Å²) in [7, 11) is 0. The van der Waals surface area contributed by atoms with Gasteiger partial charge in [-0.15, -0.1) is 11.3 Å². The molecule has 0 fully saturated rings. The first-order chi connectivity index (χ1) is 12.0. The predicted octanol–water partition coefficient (Wildman–Crippen LogP) is 5.07. The van der Waals surface area contributed by atoms with Crippen molar-refractivity contribution in [3.8, 4) is 5.69 Å². The van der Waals surface area contributed by atoms with Crippen LogP contribution < -0.4 is 5.56 Å². The molecule has 2 aromatic heterocycles. The van der Waals surface area contributed by atoms with Gasteiger partial charge in [-0.25, -0.2) is 4.98 Å². The number of aryl methyl sites for hydroxylation is 1. The number of benzene rings is 1. The highest BCUT2D eigenvalue weighted by molar-refractivity contribution is 7.99. The highest BCUT2D eigenvalue weighted by Crippen LogP contribution is 2.37. The monoisotopic (exact) mass is 370 g/mol. The summed E-state index contributed by atoms with van der Waals surface area (Å²) < 4.78 is 1.80. The second-order valence-corrected chi connectivity index (χ2v) is 9.70. The van der Waals surface area contributed by atoms with Crippen molar-refractivity contribution in [2.75, 3.05) is 0 Å². The highest BCUT2D eigenvalue weighted by Gasteiger charge is 2.25. The molecule has 5 heteroatoms. The third-order valence-corrected chi connectivity index (χ3v) is 6.76. The van der Waals surface area contributed by atoms with E-state index in [1.54, 1.807) is 27.7 Å². The zero-order chi connectivity index (χ0) is 17.6. The summed E-state index contributed by atoms with van der Waals surface area (Å²) in [6.45, 7) is 6.57. The highest BCUT2D eigenvalue weighted by atomic mass is 32.2. The SMILES string of the molecule is CC1CCc2c(sc3nc(SC(C)C)n(-c4ccccc4)c(=O)c23)C1. The Morgan fingerprint density at radius 1 is 1.28 bits per heavy atom. The van der Waals surface area contributed by atoms with E-state index in [1.165, 1.54) is 10.4 Å². The van der Waals surface area contributed by atoms with Crippen LogP contribution in [0.25, 0.3) is 15.9 Å². The molecule has 1 aliphatic rings. The van der Waals surface area contributed by atoms with Gasteiger partial charge in [-0.1, -0.05) is 50.7 Å². The van der Waals surface area contributed by atoms with Crippen LogP contribution in [0, 0.1) is 5.92 Å². The predicted molar refractivity (Wildman–Crippen MR) is 107 cm³/mol. The van der Waals surface area contributed by atoms with Gasteiger partial charge >= 0.3 is 0 Å². The van der Waals surface area contributed by atoms with Crippen molar-refractivity contribution >= 4 is 33.3 Å². The molecule has 1 aliphatic carbocycles. The molecular weight excluding hydrogens is 348 g/mol. The van der Waals surface area contributed by atoms with Crippen molar-refractivity contribution in [2.24, 2.45) is 5.92 Å². The molecule has 25 heavy (non-hydrogen) atoms. The Balaban J connectivity index is 2.01. The maximum absolute atomic E-state index is 13.5. The molecule has 1 aromatic carbocycles. The third-order valence-electron chi connectivity index (χ3n) is 4.65. The molecule has 1 unspecified atom stereocenters. The van der Waals surface area contributed by atoms with Crippen molar-refractivity contribution in [1.82, 2.24) is 9.55 Å². The smallest absolute Gasteiger partial charge is 0.267 e. The first kappa shape index (κ1) is 16.9. The first-order valence-corrected chi connectivity index (χ1v) is 10.5. The molecule has 2 heterocycles. The molecular formula is C20H22N2OS2. The lowest BCUT2D eigenvalue weighted by Crippen LogP contribution is -2.23. The summed E-state index contributed by atoms with van der Waals surface area (Å²) in [5.41, 5.74) is 2.24. The van der Waals surface area contributed by atoms with E-state index in [0.717, 1.165) is 40.3 Å². The van der Waals surface area contributed by atoms with Gasteiger partial charge in [-0.3, -0.25) is 9.36 Å². The minimum absolute atomic E-state index is 0.0893. The molecule has 3 nitrogen and oxygen atoms in total. The summed E-state index contributed by atoms with van der Waals surface area (Å²) in [4.78, 5) is 20.7. The Morgan fingerprint density at radius 3 is 2.76 bits per heavy atom. The standard InChI is InChI=1S/C20H22N2OS2/c1-12(2)24-20-21-18-17(15-10-9-13(3)11-16(15)25-18)19(23)22(20)14-7-5-4-6-8-14/h4-8,12-13H,9-11H2,1-3H3. The topological polar surface area (TPSA) is 34.9 Å². The summed E-state index contributed by atoms with van der Waals surface area (Å²) in [5.74, 6) is 0.696. The van der Waals surface area contributed by atoms with Crippen LogP contribution in [0.5, 0.6) is 0 Å². The minimum atomic E-state index is 0.0893.